The lowest BCUT2D eigenvalue weighted by molar-refractivity contribution is 0.372. The summed E-state index contributed by atoms with van der Waals surface area (Å²) < 4.78 is 28.2. The predicted octanol–water partition coefficient (Wildman–Crippen LogP) is 1.98. The first-order valence-corrected chi connectivity index (χ1v) is 5.94. The van der Waals surface area contributed by atoms with Crippen molar-refractivity contribution in [3.05, 3.63) is 23.2 Å². The van der Waals surface area contributed by atoms with Crippen molar-refractivity contribution < 1.29 is 13.2 Å². The van der Waals surface area contributed by atoms with Gasteiger partial charge in [0.2, 0.25) is 5.94 Å². The highest BCUT2D eigenvalue weighted by molar-refractivity contribution is 7.94. The first kappa shape index (κ1) is 9.89. The van der Waals surface area contributed by atoms with E-state index in [1.54, 1.807) is 6.07 Å². The van der Waals surface area contributed by atoms with E-state index in [9.17, 15) is 8.42 Å². The zero-order valence-electron chi connectivity index (χ0n) is 6.78. The normalized spacial score (nSPS) is 18.6. The Hall–Kier alpha value is -0.650. The smallest absolute Gasteiger partial charge is 0.284 e. The number of hydrogen-bond donors (Lipinski definition) is 0. The lowest BCUT2D eigenvalue weighted by Gasteiger charge is -2.24. The summed E-state index contributed by atoms with van der Waals surface area (Å²) in [6.07, 6.45) is 0. The second-order valence-electron chi connectivity index (χ2n) is 2.70. The van der Waals surface area contributed by atoms with E-state index in [2.05, 4.69) is 0 Å². The second-order valence-corrected chi connectivity index (χ2v) is 5.44. The first-order chi connectivity index (χ1) is 6.50. The molecule has 0 amide bonds. The molecule has 0 radical (unpaired) electrons. The first-order valence-electron chi connectivity index (χ1n) is 3.62. The topological polar surface area (TPSA) is 46.6 Å². The van der Waals surface area contributed by atoms with Gasteiger partial charge in [-0.15, -0.1) is 0 Å². The number of benzene rings is 1. The molecule has 1 aromatic carbocycles. The Morgan fingerprint density at radius 3 is 2.86 bits per heavy atom. The van der Waals surface area contributed by atoms with Crippen LogP contribution in [0.4, 0.5) is 5.69 Å². The maximum atomic E-state index is 11.3. The second kappa shape index (κ2) is 3.18. The van der Waals surface area contributed by atoms with Crippen molar-refractivity contribution in [2.75, 3.05) is 9.76 Å². The molecule has 76 valence electrons. The van der Waals surface area contributed by atoms with Gasteiger partial charge < -0.3 is 4.74 Å². The summed E-state index contributed by atoms with van der Waals surface area (Å²) in [5.41, 5.74) is 0.280. The molecular formula is C7H5Cl2NO3S. The fourth-order valence-electron chi connectivity index (χ4n) is 1.08. The molecule has 2 rings (SSSR count). The number of hydrogen-bond acceptors (Lipinski definition) is 3. The molecule has 0 bridgehead atoms. The van der Waals surface area contributed by atoms with E-state index in [-0.39, 0.29) is 5.69 Å². The van der Waals surface area contributed by atoms with E-state index in [1.807, 2.05) is 0 Å². The van der Waals surface area contributed by atoms with Crippen molar-refractivity contribution in [1.29, 1.82) is 0 Å². The lowest BCUT2D eigenvalue weighted by Crippen LogP contribution is -2.31. The largest absolute Gasteiger partial charge is 0.473 e. The van der Waals surface area contributed by atoms with Gasteiger partial charge in [0.1, 0.15) is 11.4 Å². The van der Waals surface area contributed by atoms with E-state index < -0.39 is 16.0 Å². The van der Waals surface area contributed by atoms with Crippen LogP contribution in [-0.2, 0) is 10.0 Å². The molecule has 0 unspecified atom stereocenters. The van der Waals surface area contributed by atoms with Gasteiger partial charge >= 0.3 is 0 Å². The molecule has 0 aromatic heterocycles. The highest BCUT2D eigenvalue weighted by Gasteiger charge is 2.29. The minimum atomic E-state index is -3.55. The monoisotopic (exact) mass is 253 g/mol. The Morgan fingerprint density at radius 1 is 1.43 bits per heavy atom. The summed E-state index contributed by atoms with van der Waals surface area (Å²) >= 11 is 11.3. The summed E-state index contributed by atoms with van der Waals surface area (Å²) in [6.45, 7) is 0. The molecule has 1 aliphatic heterocycles. The number of fused-ring (bicyclic) bond motifs is 1. The Morgan fingerprint density at radius 2 is 2.14 bits per heavy atom. The van der Waals surface area contributed by atoms with Crippen LogP contribution in [-0.4, -0.2) is 14.4 Å². The van der Waals surface area contributed by atoms with Gasteiger partial charge in [-0.3, -0.25) is 0 Å². The van der Waals surface area contributed by atoms with Crippen molar-refractivity contribution in [2.24, 2.45) is 0 Å². The molecule has 0 aliphatic carbocycles. The van der Waals surface area contributed by atoms with Gasteiger partial charge in [-0.25, -0.2) is 8.42 Å². The van der Waals surface area contributed by atoms with Crippen LogP contribution < -0.4 is 8.56 Å². The van der Waals surface area contributed by atoms with E-state index >= 15 is 0 Å². The predicted molar refractivity (Wildman–Crippen MR) is 54.2 cm³/mol. The summed E-state index contributed by atoms with van der Waals surface area (Å²) in [6, 6.07) is 4.54. The molecule has 0 saturated heterocycles. The maximum Gasteiger partial charge on any atom is 0.284 e. The highest BCUT2D eigenvalue weighted by Crippen LogP contribution is 2.37. The Kier molecular flexibility index (Phi) is 2.25. The molecule has 1 aromatic rings. The summed E-state index contributed by atoms with van der Waals surface area (Å²) in [5, 5.41) is 0.466. The molecule has 1 heterocycles. The number of sulfonamides is 1. The molecule has 0 atom stereocenters. The quantitative estimate of drug-likeness (QED) is 0.665. The van der Waals surface area contributed by atoms with Crippen LogP contribution in [0.2, 0.25) is 5.02 Å². The number of anilines is 1. The van der Waals surface area contributed by atoms with Crippen molar-refractivity contribution in [3.63, 3.8) is 0 Å². The average molecular weight is 254 g/mol. The van der Waals surface area contributed by atoms with Crippen molar-refractivity contribution in [3.8, 4) is 5.75 Å². The zero-order chi connectivity index (χ0) is 10.3. The Labute approximate surface area is 91.1 Å². The van der Waals surface area contributed by atoms with Gasteiger partial charge in [-0.05, 0) is 12.1 Å². The fraction of sp³-hybridized carbons (Fsp3) is 0.143. The van der Waals surface area contributed by atoms with Gasteiger partial charge in [0, 0.05) is 22.9 Å². The van der Waals surface area contributed by atoms with Crippen molar-refractivity contribution in [1.82, 2.24) is 0 Å². The Balaban J connectivity index is 2.57. The molecule has 7 heteroatoms. The van der Waals surface area contributed by atoms with Crippen LogP contribution in [0.3, 0.4) is 0 Å². The molecule has 0 spiro atoms. The zero-order valence-corrected chi connectivity index (χ0v) is 9.10. The standard InChI is InChI=1S/C7H5Cl2NO3S/c8-5-1-2-6-7(3-5)13-4-14(11,12)10(6)9/h1-3H,4H2. The minimum absolute atomic E-state index is 0.280. The van der Waals surface area contributed by atoms with Crippen LogP contribution >= 0.6 is 23.4 Å². The van der Waals surface area contributed by atoms with Crippen molar-refractivity contribution >= 4 is 39.1 Å². The summed E-state index contributed by atoms with van der Waals surface area (Å²) in [4.78, 5) is 0. The fourth-order valence-corrected chi connectivity index (χ4v) is 2.32. The van der Waals surface area contributed by atoms with Crippen molar-refractivity contribution in [2.45, 2.75) is 0 Å². The van der Waals surface area contributed by atoms with Crippen LogP contribution in [0, 0.1) is 0 Å². The highest BCUT2D eigenvalue weighted by atomic mass is 35.5. The van der Waals surface area contributed by atoms with E-state index in [4.69, 9.17) is 28.1 Å². The van der Waals surface area contributed by atoms with Gasteiger partial charge in [0.05, 0.1) is 0 Å². The van der Waals surface area contributed by atoms with Gasteiger partial charge in [-0.2, -0.15) is 3.82 Å². The van der Waals surface area contributed by atoms with E-state index in [0.29, 0.717) is 14.6 Å². The molecule has 0 N–H and O–H groups in total. The molecular weight excluding hydrogens is 249 g/mol. The van der Waals surface area contributed by atoms with Gasteiger partial charge in [-0.1, -0.05) is 11.6 Å². The number of nitrogens with zero attached hydrogens (tertiary/aromatic N) is 1. The number of ether oxygens (including phenoxy) is 1. The molecule has 14 heavy (non-hydrogen) atoms. The third-order valence-electron chi connectivity index (χ3n) is 1.72. The lowest BCUT2D eigenvalue weighted by atomic mass is 10.3. The number of halogens is 2. The van der Waals surface area contributed by atoms with Crippen LogP contribution in [0.15, 0.2) is 18.2 Å². The summed E-state index contributed by atoms with van der Waals surface area (Å²) in [7, 11) is -3.55. The van der Waals surface area contributed by atoms with Gasteiger partial charge in [0.15, 0.2) is 0 Å². The van der Waals surface area contributed by atoms with Crippen LogP contribution in [0.1, 0.15) is 0 Å². The third kappa shape index (κ3) is 1.51. The number of rotatable bonds is 0. The van der Waals surface area contributed by atoms with Crippen LogP contribution in [0.25, 0.3) is 0 Å². The minimum Gasteiger partial charge on any atom is -0.473 e. The van der Waals surface area contributed by atoms with E-state index in [1.165, 1.54) is 12.1 Å². The molecule has 4 nitrogen and oxygen atoms in total. The van der Waals surface area contributed by atoms with E-state index in [0.717, 1.165) is 0 Å². The molecule has 1 aliphatic rings. The average Bonchev–Trinajstić information content (AvgIpc) is 2.12. The Bertz CT molecular complexity index is 474. The maximum absolute atomic E-state index is 11.3. The van der Waals surface area contributed by atoms with Gasteiger partial charge in [0.25, 0.3) is 10.0 Å². The summed E-state index contributed by atoms with van der Waals surface area (Å²) in [5.74, 6) is -0.105. The molecule has 0 fully saturated rings. The third-order valence-corrected chi connectivity index (χ3v) is 3.87. The molecule has 0 saturated carbocycles. The SMILES string of the molecule is O=S1(=O)COc2cc(Cl)ccc2N1Cl. The van der Waals surface area contributed by atoms with Crippen LogP contribution in [0.5, 0.6) is 5.75 Å².